The fraction of sp³-hybridized carbons (Fsp3) is 0.450. The number of hydrogen-bond donors (Lipinski definition) is 0. The minimum atomic E-state index is -4.55. The summed E-state index contributed by atoms with van der Waals surface area (Å²) in [6.45, 7) is 3.14. The van der Waals surface area contributed by atoms with Crippen molar-refractivity contribution in [3.05, 3.63) is 41.0 Å². The molecular weight excluding hydrogens is 401 g/mol. The monoisotopic (exact) mass is 422 g/mol. The number of halogens is 3. The van der Waals surface area contributed by atoms with Crippen molar-refractivity contribution in [2.75, 3.05) is 13.1 Å². The van der Waals surface area contributed by atoms with E-state index in [0.717, 1.165) is 29.8 Å². The van der Waals surface area contributed by atoms with Gasteiger partial charge in [-0.3, -0.25) is 4.79 Å². The first-order valence-electron chi connectivity index (χ1n) is 9.66. The van der Waals surface area contributed by atoms with E-state index < -0.39 is 11.9 Å². The normalized spacial score (nSPS) is 17.8. The lowest BCUT2D eigenvalue weighted by atomic mass is 9.94. The van der Waals surface area contributed by atoms with Crippen LogP contribution in [-0.4, -0.2) is 38.5 Å². The van der Waals surface area contributed by atoms with Crippen LogP contribution >= 0.6 is 11.3 Å². The van der Waals surface area contributed by atoms with E-state index in [-0.39, 0.29) is 23.2 Å². The molecule has 1 saturated heterocycles. The number of alkyl halides is 3. The third kappa shape index (κ3) is 4.01. The van der Waals surface area contributed by atoms with Gasteiger partial charge < -0.3 is 4.90 Å². The van der Waals surface area contributed by atoms with E-state index in [9.17, 15) is 18.0 Å². The zero-order chi connectivity index (χ0) is 20.6. The van der Waals surface area contributed by atoms with Gasteiger partial charge in [0.15, 0.2) is 11.3 Å². The molecule has 0 spiro atoms. The van der Waals surface area contributed by atoms with Crippen LogP contribution in [0.25, 0.3) is 16.2 Å². The van der Waals surface area contributed by atoms with Crippen molar-refractivity contribution in [2.45, 2.75) is 44.7 Å². The van der Waals surface area contributed by atoms with Crippen molar-refractivity contribution in [1.29, 1.82) is 0 Å². The smallest absolute Gasteiger partial charge is 0.342 e. The number of piperidine rings is 1. The maximum Gasteiger partial charge on any atom is 0.433 e. The van der Waals surface area contributed by atoms with Crippen LogP contribution in [0.15, 0.2) is 29.6 Å². The molecule has 29 heavy (non-hydrogen) atoms. The molecule has 0 saturated carbocycles. The van der Waals surface area contributed by atoms with E-state index in [2.05, 4.69) is 10.1 Å². The van der Waals surface area contributed by atoms with Crippen LogP contribution < -0.4 is 0 Å². The van der Waals surface area contributed by atoms with Gasteiger partial charge in [0.2, 0.25) is 5.91 Å². The highest BCUT2D eigenvalue weighted by molar-refractivity contribution is 7.13. The van der Waals surface area contributed by atoms with Crippen LogP contribution in [0.2, 0.25) is 0 Å². The molecule has 0 aliphatic carbocycles. The van der Waals surface area contributed by atoms with E-state index in [1.165, 1.54) is 11.3 Å². The number of thiophene rings is 1. The lowest BCUT2D eigenvalue weighted by molar-refractivity contribution is -0.142. The van der Waals surface area contributed by atoms with Crippen LogP contribution in [0.1, 0.15) is 49.9 Å². The molecule has 0 bridgehead atoms. The Morgan fingerprint density at radius 3 is 2.86 bits per heavy atom. The van der Waals surface area contributed by atoms with E-state index in [1.54, 1.807) is 28.5 Å². The van der Waals surface area contributed by atoms with Crippen LogP contribution in [-0.2, 0) is 11.0 Å². The van der Waals surface area contributed by atoms with Crippen LogP contribution in [0.5, 0.6) is 0 Å². The molecule has 5 nitrogen and oxygen atoms in total. The van der Waals surface area contributed by atoms with Crippen molar-refractivity contribution in [3.8, 4) is 10.6 Å². The zero-order valence-electron chi connectivity index (χ0n) is 15.9. The highest BCUT2D eigenvalue weighted by Gasteiger charge is 2.36. The summed E-state index contributed by atoms with van der Waals surface area (Å²) < 4.78 is 42.0. The molecule has 154 valence electrons. The number of aromatic nitrogens is 3. The first kappa shape index (κ1) is 19.9. The topological polar surface area (TPSA) is 50.5 Å². The maximum atomic E-state index is 13.7. The molecular formula is C20H21F3N4OS. The number of amides is 1. The van der Waals surface area contributed by atoms with Gasteiger partial charge in [-0.05, 0) is 36.8 Å². The highest BCUT2D eigenvalue weighted by atomic mass is 32.1. The Balaban J connectivity index is 1.72. The molecule has 1 aliphatic rings. The number of likely N-dealkylation sites (tertiary alicyclic amines) is 1. The van der Waals surface area contributed by atoms with Gasteiger partial charge in [-0.15, -0.1) is 11.3 Å². The molecule has 1 amide bonds. The van der Waals surface area contributed by atoms with E-state index in [0.29, 0.717) is 30.1 Å². The molecule has 4 heterocycles. The SMILES string of the molecule is CCCC(=O)N1CCCC(c2cc3nc(-c4cccs4)cc(C(F)(F)F)n3n2)C1. The fourth-order valence-electron chi connectivity index (χ4n) is 3.76. The Labute approximate surface area is 170 Å². The predicted octanol–water partition coefficient (Wildman–Crippen LogP) is 4.98. The fourth-order valence-corrected chi connectivity index (χ4v) is 4.45. The number of nitrogens with zero attached hydrogens (tertiary/aromatic N) is 4. The quantitative estimate of drug-likeness (QED) is 0.596. The molecule has 0 N–H and O–H groups in total. The van der Waals surface area contributed by atoms with Gasteiger partial charge in [0, 0.05) is 31.5 Å². The van der Waals surface area contributed by atoms with Gasteiger partial charge in [-0.25, -0.2) is 9.50 Å². The summed E-state index contributed by atoms with van der Waals surface area (Å²) >= 11 is 1.34. The minimum absolute atomic E-state index is 0.0856. The molecule has 4 rings (SSSR count). The van der Waals surface area contributed by atoms with Crippen molar-refractivity contribution >= 4 is 22.9 Å². The number of hydrogen-bond acceptors (Lipinski definition) is 4. The largest absolute Gasteiger partial charge is 0.433 e. The Morgan fingerprint density at radius 1 is 1.34 bits per heavy atom. The molecule has 1 unspecified atom stereocenters. The molecule has 9 heteroatoms. The standard InChI is InChI=1S/C20H21F3N4OS/c1-2-5-19(28)26-8-3-6-13(12-26)14-11-18-24-15(16-7-4-9-29-16)10-17(20(21,22)23)27(18)25-14/h4,7,9-11,13H,2-3,5-6,8,12H2,1H3. The summed E-state index contributed by atoms with van der Waals surface area (Å²) in [4.78, 5) is 19.1. The third-order valence-corrected chi connectivity index (χ3v) is 6.06. The van der Waals surface area contributed by atoms with Crippen LogP contribution in [0.4, 0.5) is 13.2 Å². The number of rotatable bonds is 4. The summed E-state index contributed by atoms with van der Waals surface area (Å²) in [6.07, 6.45) is -1.68. The Bertz CT molecular complexity index is 1010. The van der Waals surface area contributed by atoms with Gasteiger partial charge in [0.1, 0.15) is 0 Å². The second-order valence-corrected chi connectivity index (χ2v) is 8.22. The van der Waals surface area contributed by atoms with Gasteiger partial charge in [0.25, 0.3) is 0 Å². The molecule has 1 aliphatic heterocycles. The van der Waals surface area contributed by atoms with Crippen LogP contribution in [0, 0.1) is 0 Å². The summed E-state index contributed by atoms with van der Waals surface area (Å²) in [5.41, 5.74) is 0.178. The second-order valence-electron chi connectivity index (χ2n) is 7.27. The Kier molecular flexibility index (Phi) is 5.33. The molecule has 0 aromatic carbocycles. The molecule has 0 radical (unpaired) electrons. The van der Waals surface area contributed by atoms with Gasteiger partial charge in [-0.2, -0.15) is 18.3 Å². The van der Waals surface area contributed by atoms with E-state index >= 15 is 0 Å². The van der Waals surface area contributed by atoms with E-state index in [1.807, 2.05) is 6.92 Å². The summed E-state index contributed by atoms with van der Waals surface area (Å²) in [5, 5.41) is 6.07. The number of carbonyl (C=O) groups is 1. The Morgan fingerprint density at radius 2 is 2.17 bits per heavy atom. The second kappa shape index (κ2) is 7.78. The van der Waals surface area contributed by atoms with Crippen molar-refractivity contribution in [3.63, 3.8) is 0 Å². The molecule has 1 atom stereocenters. The summed E-state index contributed by atoms with van der Waals surface area (Å²) in [7, 11) is 0. The third-order valence-electron chi connectivity index (χ3n) is 5.17. The minimum Gasteiger partial charge on any atom is -0.342 e. The number of carbonyl (C=O) groups excluding carboxylic acids is 1. The average molecular weight is 422 g/mol. The number of fused-ring (bicyclic) bond motifs is 1. The highest BCUT2D eigenvalue weighted by Crippen LogP contribution is 2.35. The first-order chi connectivity index (χ1) is 13.9. The molecule has 3 aromatic heterocycles. The molecule has 3 aromatic rings. The summed E-state index contributed by atoms with van der Waals surface area (Å²) in [5.74, 6) is 0.00702. The lowest BCUT2D eigenvalue weighted by Crippen LogP contribution is -2.39. The van der Waals surface area contributed by atoms with Crippen LogP contribution in [0.3, 0.4) is 0 Å². The van der Waals surface area contributed by atoms with Gasteiger partial charge in [-0.1, -0.05) is 13.0 Å². The lowest BCUT2D eigenvalue weighted by Gasteiger charge is -2.32. The van der Waals surface area contributed by atoms with Gasteiger partial charge in [0.05, 0.1) is 16.3 Å². The van der Waals surface area contributed by atoms with E-state index in [4.69, 9.17) is 0 Å². The Hall–Kier alpha value is -2.42. The van der Waals surface area contributed by atoms with Gasteiger partial charge >= 0.3 is 6.18 Å². The first-order valence-corrected chi connectivity index (χ1v) is 10.5. The summed E-state index contributed by atoms with van der Waals surface area (Å²) in [6, 6.07) is 6.21. The van der Waals surface area contributed by atoms with Crippen molar-refractivity contribution in [2.24, 2.45) is 0 Å². The zero-order valence-corrected chi connectivity index (χ0v) is 16.8. The molecule has 1 fully saturated rings. The maximum absolute atomic E-state index is 13.7. The van der Waals surface area contributed by atoms with Crippen molar-refractivity contribution in [1.82, 2.24) is 19.5 Å². The average Bonchev–Trinajstić information content (AvgIpc) is 3.36. The predicted molar refractivity (Wildman–Crippen MR) is 105 cm³/mol. The van der Waals surface area contributed by atoms with Crippen molar-refractivity contribution < 1.29 is 18.0 Å².